The largest absolute Gasteiger partial charge is 0.355 e. The minimum Gasteiger partial charge on any atom is -0.355 e. The number of aryl methyl sites for hydroxylation is 1. The molecular formula is C20H28N4OS. The van der Waals surface area contributed by atoms with E-state index in [9.17, 15) is 4.79 Å². The van der Waals surface area contributed by atoms with Gasteiger partial charge in [-0.1, -0.05) is 55.4 Å². The first-order chi connectivity index (χ1) is 12.7. The van der Waals surface area contributed by atoms with Crippen LogP contribution in [0.5, 0.6) is 0 Å². The number of hydrogen-bond acceptors (Lipinski definition) is 4. The average molecular weight is 373 g/mol. The third-order valence-corrected chi connectivity index (χ3v) is 6.09. The lowest BCUT2D eigenvalue weighted by atomic mass is 9.96. The van der Waals surface area contributed by atoms with Crippen LogP contribution in [0.3, 0.4) is 0 Å². The second kappa shape index (κ2) is 9.21. The van der Waals surface area contributed by atoms with Crippen LogP contribution < -0.4 is 5.32 Å². The van der Waals surface area contributed by atoms with Crippen LogP contribution in [-0.4, -0.2) is 32.5 Å². The van der Waals surface area contributed by atoms with Crippen LogP contribution in [0.2, 0.25) is 0 Å². The van der Waals surface area contributed by atoms with Gasteiger partial charge in [0.1, 0.15) is 5.82 Å². The molecule has 0 unspecified atom stereocenters. The van der Waals surface area contributed by atoms with E-state index in [0.717, 1.165) is 36.8 Å². The normalized spacial score (nSPS) is 16.4. The number of benzene rings is 1. The van der Waals surface area contributed by atoms with Crippen molar-refractivity contribution in [3.05, 3.63) is 41.7 Å². The molecule has 2 atom stereocenters. The number of thioether (sulfide) groups is 1. The van der Waals surface area contributed by atoms with Gasteiger partial charge in [0.25, 0.3) is 0 Å². The van der Waals surface area contributed by atoms with Gasteiger partial charge in [0.2, 0.25) is 5.91 Å². The van der Waals surface area contributed by atoms with Crippen LogP contribution in [0.1, 0.15) is 56.8 Å². The summed E-state index contributed by atoms with van der Waals surface area (Å²) in [4.78, 5) is 12.6. The Hall–Kier alpha value is -1.82. The summed E-state index contributed by atoms with van der Waals surface area (Å²) in [5.41, 5.74) is 1.28. The van der Waals surface area contributed by atoms with Gasteiger partial charge in [0.05, 0.1) is 5.25 Å². The van der Waals surface area contributed by atoms with Gasteiger partial charge in [-0.2, -0.15) is 0 Å². The van der Waals surface area contributed by atoms with Crippen molar-refractivity contribution in [3.63, 3.8) is 0 Å². The number of nitrogens with zero attached hydrogens (tertiary/aromatic N) is 3. The summed E-state index contributed by atoms with van der Waals surface area (Å²) in [5, 5.41) is 12.4. The Morgan fingerprint density at radius 2 is 2.04 bits per heavy atom. The van der Waals surface area contributed by atoms with Crippen molar-refractivity contribution in [1.29, 1.82) is 0 Å². The van der Waals surface area contributed by atoms with Crippen molar-refractivity contribution in [2.24, 2.45) is 0 Å². The fourth-order valence-electron chi connectivity index (χ4n) is 3.35. The minimum absolute atomic E-state index is 0.0651. The number of nitrogens with one attached hydrogen (secondary N) is 1. The second-order valence-electron chi connectivity index (χ2n) is 6.88. The molecule has 1 aromatic heterocycles. The van der Waals surface area contributed by atoms with Gasteiger partial charge in [0.15, 0.2) is 5.16 Å². The number of fused-ring (bicyclic) bond motifs is 1. The zero-order valence-electron chi connectivity index (χ0n) is 15.6. The maximum atomic E-state index is 12.6. The van der Waals surface area contributed by atoms with E-state index in [2.05, 4.69) is 51.3 Å². The van der Waals surface area contributed by atoms with Crippen molar-refractivity contribution in [3.8, 4) is 0 Å². The molecule has 1 aliphatic heterocycles. The molecule has 1 aliphatic rings. The molecule has 140 valence electrons. The Bertz CT molecular complexity index is 716. The maximum absolute atomic E-state index is 12.6. The Morgan fingerprint density at radius 1 is 1.23 bits per heavy atom. The van der Waals surface area contributed by atoms with Crippen LogP contribution in [0.15, 0.2) is 35.5 Å². The number of rotatable bonds is 7. The molecule has 1 amide bonds. The van der Waals surface area contributed by atoms with Crippen molar-refractivity contribution < 1.29 is 4.79 Å². The molecule has 26 heavy (non-hydrogen) atoms. The summed E-state index contributed by atoms with van der Waals surface area (Å²) >= 11 is 1.51. The highest BCUT2D eigenvalue weighted by Crippen LogP contribution is 2.25. The molecule has 1 aromatic carbocycles. The standard InChI is InChI=1S/C20H28N4OS/c1-3-16(17-10-6-4-7-11-17)14-21-19(25)15(2)26-20-23-22-18-12-8-5-9-13-24(18)20/h4,6-7,10-11,15-16H,3,5,8-9,12-14H2,1-2H3,(H,21,25)/t15-,16-/m1/s1. The molecule has 5 nitrogen and oxygen atoms in total. The first-order valence-corrected chi connectivity index (χ1v) is 10.5. The summed E-state index contributed by atoms with van der Waals surface area (Å²) in [6, 6.07) is 10.4. The molecule has 0 fully saturated rings. The van der Waals surface area contributed by atoms with Crippen molar-refractivity contribution in [2.45, 2.75) is 68.8 Å². The van der Waals surface area contributed by atoms with Crippen molar-refractivity contribution in [2.75, 3.05) is 6.54 Å². The van der Waals surface area contributed by atoms with Gasteiger partial charge < -0.3 is 9.88 Å². The Kier molecular flexibility index (Phi) is 6.72. The van der Waals surface area contributed by atoms with E-state index in [1.807, 2.05) is 13.0 Å². The van der Waals surface area contributed by atoms with E-state index in [4.69, 9.17) is 0 Å². The molecule has 2 heterocycles. The first kappa shape index (κ1) is 19.0. The van der Waals surface area contributed by atoms with E-state index < -0.39 is 0 Å². The quantitative estimate of drug-likeness (QED) is 0.751. The van der Waals surface area contributed by atoms with Gasteiger partial charge in [-0.3, -0.25) is 4.79 Å². The molecule has 0 aliphatic carbocycles. The van der Waals surface area contributed by atoms with Crippen LogP contribution in [0, 0.1) is 0 Å². The fourth-order valence-corrected chi connectivity index (χ4v) is 4.27. The number of carbonyl (C=O) groups excluding carboxylic acids is 1. The average Bonchev–Trinajstić information content (AvgIpc) is 2.89. The van der Waals surface area contributed by atoms with Gasteiger partial charge in [-0.25, -0.2) is 0 Å². The van der Waals surface area contributed by atoms with Crippen LogP contribution >= 0.6 is 11.8 Å². The number of aromatic nitrogens is 3. The predicted molar refractivity (Wildman–Crippen MR) is 105 cm³/mol. The SMILES string of the molecule is CC[C@H](CNC(=O)[C@@H](C)Sc1nnc2n1CCCCC2)c1ccccc1. The minimum atomic E-state index is -0.181. The summed E-state index contributed by atoms with van der Waals surface area (Å²) in [7, 11) is 0. The van der Waals surface area contributed by atoms with Crippen LogP contribution in [0.4, 0.5) is 0 Å². The van der Waals surface area contributed by atoms with E-state index >= 15 is 0 Å². The van der Waals surface area contributed by atoms with Crippen LogP contribution in [-0.2, 0) is 17.8 Å². The van der Waals surface area contributed by atoms with Gasteiger partial charge in [0, 0.05) is 25.4 Å². The van der Waals surface area contributed by atoms with E-state index in [1.54, 1.807) is 0 Å². The molecule has 0 spiro atoms. The highest BCUT2D eigenvalue weighted by Gasteiger charge is 2.21. The lowest BCUT2D eigenvalue weighted by molar-refractivity contribution is -0.120. The second-order valence-corrected chi connectivity index (χ2v) is 8.19. The van der Waals surface area contributed by atoms with Gasteiger partial charge in [-0.15, -0.1) is 10.2 Å². The smallest absolute Gasteiger partial charge is 0.233 e. The lowest BCUT2D eigenvalue weighted by Crippen LogP contribution is -2.34. The molecule has 2 aromatic rings. The van der Waals surface area contributed by atoms with Gasteiger partial charge in [-0.05, 0) is 31.7 Å². The van der Waals surface area contributed by atoms with Crippen LogP contribution in [0.25, 0.3) is 0 Å². The summed E-state index contributed by atoms with van der Waals surface area (Å²) in [6.07, 6.45) is 5.57. The zero-order chi connectivity index (χ0) is 18.4. The third-order valence-electron chi connectivity index (χ3n) is 5.01. The predicted octanol–water partition coefficient (Wildman–Crippen LogP) is 3.80. The topological polar surface area (TPSA) is 59.8 Å². The van der Waals surface area contributed by atoms with Gasteiger partial charge >= 0.3 is 0 Å². The van der Waals surface area contributed by atoms with E-state index in [-0.39, 0.29) is 11.2 Å². The molecule has 6 heteroatoms. The molecule has 0 saturated heterocycles. The molecule has 1 N–H and O–H groups in total. The number of carbonyl (C=O) groups is 1. The fraction of sp³-hybridized carbons (Fsp3) is 0.550. The molecule has 3 rings (SSSR count). The molecule has 0 bridgehead atoms. The third kappa shape index (κ3) is 4.67. The Balaban J connectivity index is 1.56. The number of amides is 1. The first-order valence-electron chi connectivity index (χ1n) is 9.60. The van der Waals surface area contributed by atoms with E-state index in [1.165, 1.54) is 30.2 Å². The van der Waals surface area contributed by atoms with Crippen molar-refractivity contribution >= 4 is 17.7 Å². The summed E-state index contributed by atoms with van der Waals surface area (Å²) in [6.45, 7) is 5.74. The molecule has 0 radical (unpaired) electrons. The Morgan fingerprint density at radius 3 is 2.81 bits per heavy atom. The monoisotopic (exact) mass is 372 g/mol. The maximum Gasteiger partial charge on any atom is 0.233 e. The highest BCUT2D eigenvalue weighted by atomic mass is 32.2. The molecular weight excluding hydrogens is 344 g/mol. The highest BCUT2D eigenvalue weighted by molar-refractivity contribution is 8.00. The summed E-state index contributed by atoms with van der Waals surface area (Å²) < 4.78 is 2.19. The lowest BCUT2D eigenvalue weighted by Gasteiger charge is -2.18. The summed E-state index contributed by atoms with van der Waals surface area (Å²) in [5.74, 6) is 1.48. The van der Waals surface area contributed by atoms with E-state index in [0.29, 0.717) is 12.5 Å². The van der Waals surface area contributed by atoms with Crippen molar-refractivity contribution in [1.82, 2.24) is 20.1 Å². The zero-order valence-corrected chi connectivity index (χ0v) is 16.5. The molecule has 0 saturated carbocycles. The number of hydrogen-bond donors (Lipinski definition) is 1. The Labute approximate surface area is 160 Å².